The Bertz CT molecular complexity index is 536. The Morgan fingerprint density at radius 2 is 2.11 bits per heavy atom. The highest BCUT2D eigenvalue weighted by atomic mass is 32.1. The van der Waals surface area contributed by atoms with Crippen LogP contribution < -0.4 is 5.32 Å². The van der Waals surface area contributed by atoms with E-state index in [1.54, 1.807) is 11.3 Å². The molecule has 1 aromatic heterocycles. The third-order valence-corrected chi connectivity index (χ3v) is 3.94. The van der Waals surface area contributed by atoms with E-state index in [1.165, 1.54) is 0 Å². The molecule has 0 aliphatic rings. The maximum Gasteiger partial charge on any atom is 0.223 e. The number of amides is 1. The van der Waals surface area contributed by atoms with E-state index < -0.39 is 0 Å². The fraction of sp³-hybridized carbons (Fsp3) is 0.333. The molecular formula is C15H18N2OS. The summed E-state index contributed by atoms with van der Waals surface area (Å²) in [7, 11) is 0. The summed E-state index contributed by atoms with van der Waals surface area (Å²) in [4.78, 5) is 16.2. The van der Waals surface area contributed by atoms with Gasteiger partial charge in [-0.25, -0.2) is 4.98 Å². The monoisotopic (exact) mass is 274 g/mol. The van der Waals surface area contributed by atoms with Gasteiger partial charge in [0.1, 0.15) is 5.01 Å². The first-order valence-electron chi connectivity index (χ1n) is 6.48. The third-order valence-electron chi connectivity index (χ3n) is 3.10. The molecule has 2 rings (SSSR count). The normalized spacial score (nSPS) is 12.1. The van der Waals surface area contributed by atoms with Crippen molar-refractivity contribution in [2.24, 2.45) is 5.92 Å². The molecule has 0 radical (unpaired) electrons. The maximum absolute atomic E-state index is 11.7. The van der Waals surface area contributed by atoms with Crippen LogP contribution in [0.4, 0.5) is 0 Å². The molecule has 3 nitrogen and oxygen atoms in total. The zero-order chi connectivity index (χ0) is 13.7. The summed E-state index contributed by atoms with van der Waals surface area (Å²) in [5.74, 6) is 0.160. The smallest absolute Gasteiger partial charge is 0.223 e. The third kappa shape index (κ3) is 3.64. The highest BCUT2D eigenvalue weighted by Crippen LogP contribution is 2.21. The van der Waals surface area contributed by atoms with Gasteiger partial charge in [-0.2, -0.15) is 0 Å². The molecule has 19 heavy (non-hydrogen) atoms. The first-order valence-corrected chi connectivity index (χ1v) is 7.36. The van der Waals surface area contributed by atoms with Gasteiger partial charge < -0.3 is 5.32 Å². The second-order valence-corrected chi connectivity index (χ2v) is 5.46. The molecule has 1 N–H and O–H groups in total. The molecule has 0 fully saturated rings. The zero-order valence-corrected chi connectivity index (χ0v) is 12.0. The van der Waals surface area contributed by atoms with E-state index in [0.29, 0.717) is 6.54 Å². The van der Waals surface area contributed by atoms with Crippen LogP contribution in [-0.2, 0) is 11.3 Å². The Labute approximate surface area is 117 Å². The van der Waals surface area contributed by atoms with Gasteiger partial charge in [-0.15, -0.1) is 11.3 Å². The van der Waals surface area contributed by atoms with Crippen molar-refractivity contribution in [2.75, 3.05) is 0 Å². The van der Waals surface area contributed by atoms with E-state index in [-0.39, 0.29) is 11.8 Å². The number of hydrogen-bond donors (Lipinski definition) is 1. The minimum Gasteiger partial charge on any atom is -0.349 e. The number of rotatable bonds is 5. The molecule has 1 amide bonds. The van der Waals surface area contributed by atoms with Gasteiger partial charge in [0, 0.05) is 16.9 Å². The summed E-state index contributed by atoms with van der Waals surface area (Å²) in [5.41, 5.74) is 2.08. The molecule has 0 bridgehead atoms. The fourth-order valence-electron chi connectivity index (χ4n) is 1.66. The van der Waals surface area contributed by atoms with Crippen molar-refractivity contribution in [3.8, 4) is 11.3 Å². The number of aromatic nitrogens is 1. The van der Waals surface area contributed by atoms with E-state index in [1.807, 2.05) is 49.6 Å². The van der Waals surface area contributed by atoms with Crippen molar-refractivity contribution in [1.82, 2.24) is 10.3 Å². The first-order chi connectivity index (χ1) is 9.20. The van der Waals surface area contributed by atoms with Crippen molar-refractivity contribution in [2.45, 2.75) is 26.8 Å². The summed E-state index contributed by atoms with van der Waals surface area (Å²) in [6.45, 7) is 4.47. The molecule has 0 aliphatic heterocycles. The molecule has 0 aliphatic carbocycles. The quantitative estimate of drug-likeness (QED) is 0.907. The predicted molar refractivity (Wildman–Crippen MR) is 78.9 cm³/mol. The average molecular weight is 274 g/mol. The minimum absolute atomic E-state index is 0.0635. The van der Waals surface area contributed by atoms with E-state index in [0.717, 1.165) is 22.7 Å². The van der Waals surface area contributed by atoms with E-state index in [9.17, 15) is 4.79 Å². The number of hydrogen-bond acceptors (Lipinski definition) is 3. The number of nitrogens with one attached hydrogen (secondary N) is 1. The molecule has 2 aromatic rings. The van der Waals surface area contributed by atoms with Crippen LogP contribution in [0.15, 0.2) is 35.7 Å². The Morgan fingerprint density at radius 3 is 2.79 bits per heavy atom. The SMILES string of the molecule is CC[C@@H](C)C(=O)NCc1nc(-c2ccccc2)cs1. The lowest BCUT2D eigenvalue weighted by Gasteiger charge is -2.08. The fourth-order valence-corrected chi connectivity index (χ4v) is 2.40. The van der Waals surface area contributed by atoms with Crippen LogP contribution >= 0.6 is 11.3 Å². The molecule has 0 unspecified atom stereocenters. The Hall–Kier alpha value is -1.68. The number of carbonyl (C=O) groups is 1. The van der Waals surface area contributed by atoms with Crippen LogP contribution in [0.2, 0.25) is 0 Å². The number of thiazole rings is 1. The summed E-state index contributed by atoms with van der Waals surface area (Å²) in [5, 5.41) is 5.89. The van der Waals surface area contributed by atoms with Crippen LogP contribution in [-0.4, -0.2) is 10.9 Å². The average Bonchev–Trinajstić information content (AvgIpc) is 2.93. The van der Waals surface area contributed by atoms with E-state index in [2.05, 4.69) is 10.3 Å². The lowest BCUT2D eigenvalue weighted by Crippen LogP contribution is -2.28. The second kappa shape index (κ2) is 6.48. The van der Waals surface area contributed by atoms with Gasteiger partial charge >= 0.3 is 0 Å². The molecular weight excluding hydrogens is 256 g/mol. The summed E-state index contributed by atoms with van der Waals surface area (Å²) < 4.78 is 0. The standard InChI is InChI=1S/C15H18N2OS/c1-3-11(2)15(18)16-9-14-17-13(10-19-14)12-7-5-4-6-8-12/h4-8,10-11H,3,9H2,1-2H3,(H,16,18)/t11-/m1/s1. The summed E-state index contributed by atoms with van der Waals surface area (Å²) >= 11 is 1.58. The van der Waals surface area contributed by atoms with Crippen molar-refractivity contribution >= 4 is 17.2 Å². The second-order valence-electron chi connectivity index (χ2n) is 4.52. The molecule has 1 heterocycles. The van der Waals surface area contributed by atoms with Gasteiger partial charge in [0.2, 0.25) is 5.91 Å². The van der Waals surface area contributed by atoms with Crippen molar-refractivity contribution < 1.29 is 4.79 Å². The Balaban J connectivity index is 1.97. The van der Waals surface area contributed by atoms with Crippen LogP contribution in [0.3, 0.4) is 0 Å². The minimum atomic E-state index is 0.0635. The van der Waals surface area contributed by atoms with Gasteiger partial charge in [0.15, 0.2) is 0 Å². The lowest BCUT2D eigenvalue weighted by atomic mass is 10.1. The molecule has 100 valence electrons. The maximum atomic E-state index is 11.7. The number of nitrogens with zero attached hydrogens (tertiary/aromatic N) is 1. The number of benzene rings is 1. The van der Waals surface area contributed by atoms with Gasteiger partial charge in [-0.3, -0.25) is 4.79 Å². The molecule has 0 saturated carbocycles. The van der Waals surface area contributed by atoms with Crippen LogP contribution in [0, 0.1) is 5.92 Å². The van der Waals surface area contributed by atoms with Crippen molar-refractivity contribution in [3.05, 3.63) is 40.7 Å². The largest absolute Gasteiger partial charge is 0.349 e. The highest BCUT2D eigenvalue weighted by Gasteiger charge is 2.11. The van der Waals surface area contributed by atoms with Gasteiger partial charge in [-0.1, -0.05) is 44.2 Å². The predicted octanol–water partition coefficient (Wildman–Crippen LogP) is 3.47. The molecule has 0 spiro atoms. The van der Waals surface area contributed by atoms with E-state index >= 15 is 0 Å². The topological polar surface area (TPSA) is 42.0 Å². The molecule has 4 heteroatoms. The molecule has 1 aromatic carbocycles. The Kier molecular flexibility index (Phi) is 4.68. The number of carbonyl (C=O) groups excluding carboxylic acids is 1. The van der Waals surface area contributed by atoms with Gasteiger partial charge in [0.25, 0.3) is 0 Å². The molecule has 0 saturated heterocycles. The van der Waals surface area contributed by atoms with Crippen molar-refractivity contribution in [1.29, 1.82) is 0 Å². The Morgan fingerprint density at radius 1 is 1.37 bits per heavy atom. The summed E-state index contributed by atoms with van der Waals surface area (Å²) in [6.07, 6.45) is 0.860. The van der Waals surface area contributed by atoms with Crippen molar-refractivity contribution in [3.63, 3.8) is 0 Å². The van der Waals surface area contributed by atoms with Gasteiger partial charge in [0.05, 0.1) is 12.2 Å². The van der Waals surface area contributed by atoms with Crippen LogP contribution in [0.1, 0.15) is 25.3 Å². The van der Waals surface area contributed by atoms with Crippen LogP contribution in [0.5, 0.6) is 0 Å². The van der Waals surface area contributed by atoms with Crippen LogP contribution in [0.25, 0.3) is 11.3 Å². The highest BCUT2D eigenvalue weighted by molar-refractivity contribution is 7.09. The first kappa shape index (κ1) is 13.7. The van der Waals surface area contributed by atoms with E-state index in [4.69, 9.17) is 0 Å². The lowest BCUT2D eigenvalue weighted by molar-refractivity contribution is -0.124. The molecule has 1 atom stereocenters. The zero-order valence-electron chi connectivity index (χ0n) is 11.2. The summed E-state index contributed by atoms with van der Waals surface area (Å²) in [6, 6.07) is 10.1. The van der Waals surface area contributed by atoms with Gasteiger partial charge in [-0.05, 0) is 6.42 Å².